The van der Waals surface area contributed by atoms with Crippen LogP contribution in [0.3, 0.4) is 0 Å². The third kappa shape index (κ3) is 3.00. The van der Waals surface area contributed by atoms with Gasteiger partial charge in [0.25, 0.3) is 0 Å². The van der Waals surface area contributed by atoms with E-state index in [2.05, 4.69) is 22.9 Å². The van der Waals surface area contributed by atoms with Crippen LogP contribution in [0.2, 0.25) is 0 Å². The number of hydrogen-bond donors (Lipinski definition) is 1. The maximum Gasteiger partial charge on any atom is 0.124 e. The largest absolute Gasteiger partial charge is 0.494 e. The molecule has 0 spiro atoms. The Morgan fingerprint density at radius 3 is 2.71 bits per heavy atom. The fourth-order valence-electron chi connectivity index (χ4n) is 1.76. The molecule has 1 heterocycles. The molecular weight excluding hydrogens is 254 g/mol. The van der Waals surface area contributed by atoms with Crippen LogP contribution >= 0.6 is 23.7 Å². The molecule has 0 radical (unpaired) electrons. The zero-order valence-electron chi connectivity index (χ0n) is 9.68. The molecule has 0 bridgehead atoms. The summed E-state index contributed by atoms with van der Waals surface area (Å²) >= 11 is 1.69. The molecule has 92 valence electrons. The predicted molar refractivity (Wildman–Crippen MR) is 76.1 cm³/mol. The van der Waals surface area contributed by atoms with Crippen molar-refractivity contribution in [2.24, 2.45) is 5.73 Å². The van der Waals surface area contributed by atoms with Gasteiger partial charge in [-0.25, -0.2) is 0 Å². The van der Waals surface area contributed by atoms with Gasteiger partial charge in [0.1, 0.15) is 5.75 Å². The Morgan fingerprint density at radius 1 is 1.29 bits per heavy atom. The zero-order chi connectivity index (χ0) is 11.4. The molecule has 4 heteroatoms. The van der Waals surface area contributed by atoms with Crippen molar-refractivity contribution in [1.29, 1.82) is 0 Å². The molecule has 17 heavy (non-hydrogen) atoms. The molecule has 0 saturated heterocycles. The lowest BCUT2D eigenvalue weighted by Crippen LogP contribution is -2.03. The molecule has 0 fully saturated rings. The molecule has 2 nitrogen and oxygen atoms in total. The van der Waals surface area contributed by atoms with Crippen molar-refractivity contribution in [1.82, 2.24) is 0 Å². The fraction of sp³-hybridized carbons (Fsp3) is 0.231. The van der Waals surface area contributed by atoms with Crippen molar-refractivity contribution in [3.8, 4) is 16.9 Å². The molecule has 0 aliphatic rings. The van der Waals surface area contributed by atoms with Gasteiger partial charge >= 0.3 is 0 Å². The summed E-state index contributed by atoms with van der Waals surface area (Å²) in [6.45, 7) is 3.15. The van der Waals surface area contributed by atoms with Gasteiger partial charge in [-0.2, -0.15) is 11.3 Å². The quantitative estimate of drug-likeness (QED) is 0.919. The summed E-state index contributed by atoms with van der Waals surface area (Å²) < 4.78 is 5.59. The van der Waals surface area contributed by atoms with Crippen LogP contribution in [-0.2, 0) is 6.54 Å². The van der Waals surface area contributed by atoms with E-state index in [0.29, 0.717) is 13.2 Å². The Bertz CT molecular complexity index is 456. The van der Waals surface area contributed by atoms with Crippen LogP contribution in [0.5, 0.6) is 5.75 Å². The van der Waals surface area contributed by atoms with Crippen molar-refractivity contribution in [3.05, 3.63) is 40.6 Å². The van der Waals surface area contributed by atoms with Crippen molar-refractivity contribution in [3.63, 3.8) is 0 Å². The number of nitrogens with two attached hydrogens (primary N) is 1. The molecule has 0 aliphatic carbocycles. The SMILES string of the molecule is CCOc1cccc(-c2ccsc2)c1CN.Cl. The van der Waals surface area contributed by atoms with Gasteiger partial charge in [0, 0.05) is 12.1 Å². The van der Waals surface area contributed by atoms with Gasteiger partial charge in [0.2, 0.25) is 0 Å². The summed E-state index contributed by atoms with van der Waals surface area (Å²) in [5.41, 5.74) is 9.29. The molecule has 0 unspecified atom stereocenters. The fourth-order valence-corrected chi connectivity index (χ4v) is 2.41. The van der Waals surface area contributed by atoms with Crippen LogP contribution < -0.4 is 10.5 Å². The van der Waals surface area contributed by atoms with Gasteiger partial charge < -0.3 is 10.5 Å². The van der Waals surface area contributed by atoms with E-state index in [1.54, 1.807) is 11.3 Å². The van der Waals surface area contributed by atoms with E-state index in [1.807, 2.05) is 19.1 Å². The highest BCUT2D eigenvalue weighted by Gasteiger charge is 2.09. The first-order valence-corrected chi connectivity index (χ1v) is 6.28. The second kappa shape index (κ2) is 6.64. The van der Waals surface area contributed by atoms with Crippen molar-refractivity contribution >= 4 is 23.7 Å². The van der Waals surface area contributed by atoms with Gasteiger partial charge in [-0.05, 0) is 40.9 Å². The lowest BCUT2D eigenvalue weighted by atomic mass is 10.0. The molecular formula is C13H16ClNOS. The first-order chi connectivity index (χ1) is 7.86. The first kappa shape index (κ1) is 14.0. The van der Waals surface area contributed by atoms with Crippen LogP contribution in [0.25, 0.3) is 11.1 Å². The molecule has 1 aromatic carbocycles. The number of rotatable bonds is 4. The van der Waals surface area contributed by atoms with Crippen molar-refractivity contribution < 1.29 is 4.74 Å². The van der Waals surface area contributed by atoms with E-state index < -0.39 is 0 Å². The van der Waals surface area contributed by atoms with Gasteiger partial charge in [0.05, 0.1) is 6.61 Å². The van der Waals surface area contributed by atoms with Gasteiger partial charge in [-0.3, -0.25) is 0 Å². The molecule has 0 aliphatic heterocycles. The van der Waals surface area contributed by atoms with Gasteiger partial charge in [-0.1, -0.05) is 12.1 Å². The summed E-state index contributed by atoms with van der Waals surface area (Å²) in [6.07, 6.45) is 0. The summed E-state index contributed by atoms with van der Waals surface area (Å²) in [6, 6.07) is 8.18. The molecule has 2 rings (SSSR count). The summed E-state index contributed by atoms with van der Waals surface area (Å²) in [5.74, 6) is 0.897. The third-order valence-electron chi connectivity index (χ3n) is 2.47. The molecule has 0 amide bonds. The zero-order valence-corrected chi connectivity index (χ0v) is 11.3. The number of hydrogen-bond acceptors (Lipinski definition) is 3. The van der Waals surface area contributed by atoms with E-state index in [9.17, 15) is 0 Å². The highest BCUT2D eigenvalue weighted by atomic mass is 35.5. The Morgan fingerprint density at radius 2 is 2.12 bits per heavy atom. The predicted octanol–water partition coefficient (Wildman–Crippen LogP) is 3.69. The highest BCUT2D eigenvalue weighted by Crippen LogP contribution is 2.31. The standard InChI is InChI=1S/C13H15NOS.ClH/c1-2-15-13-5-3-4-11(12(13)8-14)10-6-7-16-9-10;/h3-7,9H,2,8,14H2,1H3;1H. The Hall–Kier alpha value is -1.03. The Kier molecular flexibility index (Phi) is 5.48. The van der Waals surface area contributed by atoms with Crippen LogP contribution in [-0.4, -0.2) is 6.61 Å². The van der Waals surface area contributed by atoms with Gasteiger partial charge in [-0.15, -0.1) is 12.4 Å². The second-order valence-electron chi connectivity index (χ2n) is 3.43. The summed E-state index contributed by atoms with van der Waals surface area (Å²) in [7, 11) is 0. The Balaban J connectivity index is 0.00000144. The minimum atomic E-state index is 0. The normalized spacial score (nSPS) is 9.76. The minimum Gasteiger partial charge on any atom is -0.494 e. The third-order valence-corrected chi connectivity index (χ3v) is 3.15. The van der Waals surface area contributed by atoms with Gasteiger partial charge in [0.15, 0.2) is 0 Å². The van der Waals surface area contributed by atoms with E-state index in [-0.39, 0.29) is 12.4 Å². The Labute approximate surface area is 112 Å². The minimum absolute atomic E-state index is 0. The summed E-state index contributed by atoms with van der Waals surface area (Å²) in [4.78, 5) is 0. The molecule has 2 aromatic rings. The highest BCUT2D eigenvalue weighted by molar-refractivity contribution is 7.08. The van der Waals surface area contributed by atoms with E-state index >= 15 is 0 Å². The number of ether oxygens (including phenoxy) is 1. The van der Waals surface area contributed by atoms with Crippen LogP contribution in [0.15, 0.2) is 35.0 Å². The molecule has 0 atom stereocenters. The number of thiophene rings is 1. The maximum atomic E-state index is 5.81. The monoisotopic (exact) mass is 269 g/mol. The second-order valence-corrected chi connectivity index (χ2v) is 4.21. The van der Waals surface area contributed by atoms with Crippen LogP contribution in [0.4, 0.5) is 0 Å². The molecule has 1 aromatic heterocycles. The van der Waals surface area contributed by atoms with E-state index in [0.717, 1.165) is 11.3 Å². The number of benzene rings is 1. The average Bonchev–Trinajstić information content (AvgIpc) is 2.82. The average molecular weight is 270 g/mol. The lowest BCUT2D eigenvalue weighted by molar-refractivity contribution is 0.337. The topological polar surface area (TPSA) is 35.2 Å². The van der Waals surface area contributed by atoms with Crippen molar-refractivity contribution in [2.45, 2.75) is 13.5 Å². The van der Waals surface area contributed by atoms with Crippen LogP contribution in [0, 0.1) is 0 Å². The maximum absolute atomic E-state index is 5.81. The van der Waals surface area contributed by atoms with Crippen molar-refractivity contribution in [2.75, 3.05) is 6.61 Å². The van der Waals surface area contributed by atoms with E-state index in [4.69, 9.17) is 10.5 Å². The molecule has 0 saturated carbocycles. The lowest BCUT2D eigenvalue weighted by Gasteiger charge is -2.12. The van der Waals surface area contributed by atoms with E-state index in [1.165, 1.54) is 11.1 Å². The number of halogens is 1. The smallest absolute Gasteiger partial charge is 0.124 e. The first-order valence-electron chi connectivity index (χ1n) is 5.34. The molecule has 2 N–H and O–H groups in total. The summed E-state index contributed by atoms with van der Waals surface area (Å²) in [5, 5.41) is 4.20. The van der Waals surface area contributed by atoms with Crippen LogP contribution in [0.1, 0.15) is 12.5 Å².